The summed E-state index contributed by atoms with van der Waals surface area (Å²) in [4.78, 5) is 12.3. The molecule has 0 bridgehead atoms. The lowest BCUT2D eigenvalue weighted by atomic mass is 9.83. The second-order valence-corrected chi connectivity index (χ2v) is 4.40. The van der Waals surface area contributed by atoms with Gasteiger partial charge in [0.15, 0.2) is 11.4 Å². The second-order valence-electron chi connectivity index (χ2n) is 4.40. The second kappa shape index (κ2) is 5.81. The van der Waals surface area contributed by atoms with Crippen molar-refractivity contribution in [3.05, 3.63) is 71.8 Å². The van der Waals surface area contributed by atoms with Crippen LogP contribution < -0.4 is 0 Å². The molecule has 2 aromatic rings. The van der Waals surface area contributed by atoms with Gasteiger partial charge in [0.2, 0.25) is 0 Å². The van der Waals surface area contributed by atoms with Crippen molar-refractivity contribution in [2.24, 2.45) is 0 Å². The van der Waals surface area contributed by atoms with Gasteiger partial charge in [-0.15, -0.1) is 0 Å². The molecule has 0 fully saturated rings. The standard InChI is InChI=1S/C17H18O2/c1-3-19-17(14(2)18,15-10-6-4-7-11-15)16-12-8-5-9-13-16/h4-13H,3H2,1-2H3. The van der Waals surface area contributed by atoms with Crippen LogP contribution in [0.4, 0.5) is 0 Å². The van der Waals surface area contributed by atoms with Gasteiger partial charge in [-0.1, -0.05) is 60.7 Å². The third-order valence-corrected chi connectivity index (χ3v) is 3.22. The fourth-order valence-electron chi connectivity index (χ4n) is 2.40. The molecule has 0 N–H and O–H groups in total. The Morgan fingerprint density at radius 2 is 1.37 bits per heavy atom. The van der Waals surface area contributed by atoms with Crippen molar-refractivity contribution in [3.63, 3.8) is 0 Å². The van der Waals surface area contributed by atoms with E-state index in [1.165, 1.54) is 0 Å². The maximum atomic E-state index is 12.3. The van der Waals surface area contributed by atoms with Crippen LogP contribution in [-0.2, 0) is 15.1 Å². The Labute approximate surface area is 114 Å². The molecule has 0 aliphatic carbocycles. The van der Waals surface area contributed by atoms with E-state index in [0.29, 0.717) is 6.61 Å². The minimum absolute atomic E-state index is 0.00764. The molecule has 98 valence electrons. The number of hydrogen-bond donors (Lipinski definition) is 0. The first-order valence-corrected chi connectivity index (χ1v) is 6.48. The lowest BCUT2D eigenvalue weighted by Gasteiger charge is -2.32. The van der Waals surface area contributed by atoms with Crippen molar-refractivity contribution in [1.29, 1.82) is 0 Å². The van der Waals surface area contributed by atoms with Crippen molar-refractivity contribution < 1.29 is 9.53 Å². The van der Waals surface area contributed by atoms with Crippen molar-refractivity contribution in [2.45, 2.75) is 19.4 Å². The molecule has 0 saturated carbocycles. The molecule has 0 atom stereocenters. The van der Waals surface area contributed by atoms with E-state index in [2.05, 4.69) is 0 Å². The summed E-state index contributed by atoms with van der Waals surface area (Å²) in [6.07, 6.45) is 0. The van der Waals surface area contributed by atoms with E-state index in [-0.39, 0.29) is 5.78 Å². The van der Waals surface area contributed by atoms with E-state index < -0.39 is 5.60 Å². The minimum atomic E-state index is -1.00. The van der Waals surface area contributed by atoms with Crippen LogP contribution >= 0.6 is 0 Å². The molecular formula is C17H18O2. The zero-order valence-corrected chi connectivity index (χ0v) is 11.3. The molecule has 0 spiro atoms. The van der Waals surface area contributed by atoms with E-state index in [0.717, 1.165) is 11.1 Å². The first-order valence-electron chi connectivity index (χ1n) is 6.48. The van der Waals surface area contributed by atoms with Gasteiger partial charge in [-0.2, -0.15) is 0 Å². The van der Waals surface area contributed by atoms with Gasteiger partial charge in [-0.3, -0.25) is 4.79 Å². The zero-order chi connectivity index (χ0) is 13.7. The van der Waals surface area contributed by atoms with Gasteiger partial charge in [-0.05, 0) is 25.0 Å². The molecule has 0 saturated heterocycles. The van der Waals surface area contributed by atoms with E-state index in [4.69, 9.17) is 4.74 Å². The summed E-state index contributed by atoms with van der Waals surface area (Å²) in [7, 11) is 0. The highest BCUT2D eigenvalue weighted by Gasteiger charge is 2.39. The molecule has 0 amide bonds. The Morgan fingerprint density at radius 1 is 0.947 bits per heavy atom. The number of benzene rings is 2. The van der Waals surface area contributed by atoms with Crippen LogP contribution in [0.5, 0.6) is 0 Å². The van der Waals surface area contributed by atoms with Crippen LogP contribution in [-0.4, -0.2) is 12.4 Å². The summed E-state index contributed by atoms with van der Waals surface area (Å²) in [5.74, 6) is -0.00764. The summed E-state index contributed by atoms with van der Waals surface area (Å²) in [5.41, 5.74) is 0.739. The first kappa shape index (κ1) is 13.5. The Kier molecular flexibility index (Phi) is 4.13. The van der Waals surface area contributed by atoms with Gasteiger partial charge in [0.25, 0.3) is 0 Å². The van der Waals surface area contributed by atoms with Crippen LogP contribution in [0, 0.1) is 0 Å². The summed E-state index contributed by atoms with van der Waals surface area (Å²) in [6.45, 7) is 3.96. The van der Waals surface area contributed by atoms with Crippen LogP contribution in [0.3, 0.4) is 0 Å². The molecule has 2 heteroatoms. The quantitative estimate of drug-likeness (QED) is 0.815. The Bertz CT molecular complexity index is 492. The van der Waals surface area contributed by atoms with E-state index >= 15 is 0 Å². The molecular weight excluding hydrogens is 236 g/mol. The monoisotopic (exact) mass is 254 g/mol. The summed E-state index contributed by atoms with van der Waals surface area (Å²) >= 11 is 0. The number of ether oxygens (including phenoxy) is 1. The maximum absolute atomic E-state index is 12.3. The Hall–Kier alpha value is -1.93. The zero-order valence-electron chi connectivity index (χ0n) is 11.3. The highest BCUT2D eigenvalue weighted by molar-refractivity contribution is 5.90. The fraction of sp³-hybridized carbons (Fsp3) is 0.235. The molecule has 2 rings (SSSR count). The minimum Gasteiger partial charge on any atom is -0.358 e. The number of carbonyl (C=O) groups excluding carboxylic acids is 1. The molecule has 0 aliphatic heterocycles. The molecule has 0 radical (unpaired) electrons. The van der Waals surface area contributed by atoms with Gasteiger partial charge in [0.1, 0.15) is 0 Å². The van der Waals surface area contributed by atoms with Crippen LogP contribution in [0.25, 0.3) is 0 Å². The van der Waals surface area contributed by atoms with E-state index in [1.807, 2.05) is 67.6 Å². The average Bonchev–Trinajstić information content (AvgIpc) is 2.46. The van der Waals surface area contributed by atoms with Crippen LogP contribution in [0.15, 0.2) is 60.7 Å². The van der Waals surface area contributed by atoms with Crippen LogP contribution in [0.1, 0.15) is 25.0 Å². The molecule has 2 aromatic carbocycles. The third kappa shape index (κ3) is 2.45. The summed E-state index contributed by atoms with van der Waals surface area (Å²) in [5, 5.41) is 0. The van der Waals surface area contributed by atoms with Crippen molar-refractivity contribution in [1.82, 2.24) is 0 Å². The predicted molar refractivity (Wildman–Crippen MR) is 76.0 cm³/mol. The van der Waals surface area contributed by atoms with Gasteiger partial charge < -0.3 is 4.74 Å². The number of rotatable bonds is 5. The van der Waals surface area contributed by atoms with Crippen LogP contribution in [0.2, 0.25) is 0 Å². The van der Waals surface area contributed by atoms with Gasteiger partial charge in [0, 0.05) is 6.61 Å². The van der Waals surface area contributed by atoms with Gasteiger partial charge >= 0.3 is 0 Å². The molecule has 0 aliphatic rings. The molecule has 0 unspecified atom stereocenters. The number of ketones is 1. The van der Waals surface area contributed by atoms with Crippen molar-refractivity contribution in [3.8, 4) is 0 Å². The number of carbonyl (C=O) groups is 1. The lowest BCUT2D eigenvalue weighted by molar-refractivity contribution is -0.137. The van der Waals surface area contributed by atoms with Gasteiger partial charge in [-0.25, -0.2) is 0 Å². The highest BCUT2D eigenvalue weighted by atomic mass is 16.5. The fourth-order valence-corrected chi connectivity index (χ4v) is 2.40. The van der Waals surface area contributed by atoms with Crippen molar-refractivity contribution >= 4 is 5.78 Å². The third-order valence-electron chi connectivity index (χ3n) is 3.22. The van der Waals surface area contributed by atoms with Gasteiger partial charge in [0.05, 0.1) is 0 Å². The lowest BCUT2D eigenvalue weighted by Crippen LogP contribution is -2.38. The highest BCUT2D eigenvalue weighted by Crippen LogP contribution is 2.34. The smallest absolute Gasteiger partial charge is 0.176 e. The summed E-state index contributed by atoms with van der Waals surface area (Å²) < 4.78 is 5.91. The van der Waals surface area contributed by atoms with Crippen molar-refractivity contribution in [2.75, 3.05) is 6.61 Å². The average molecular weight is 254 g/mol. The van der Waals surface area contributed by atoms with E-state index in [1.54, 1.807) is 6.92 Å². The SMILES string of the molecule is CCOC(C(C)=O)(c1ccccc1)c1ccccc1. The first-order chi connectivity index (χ1) is 9.21. The Balaban J connectivity index is 2.65. The molecule has 2 nitrogen and oxygen atoms in total. The number of Topliss-reactive ketones (excluding diaryl/α,β-unsaturated/α-hetero) is 1. The summed E-state index contributed by atoms with van der Waals surface area (Å²) in [6, 6.07) is 19.3. The number of hydrogen-bond acceptors (Lipinski definition) is 2. The van der Waals surface area contributed by atoms with E-state index in [9.17, 15) is 4.79 Å². The Morgan fingerprint density at radius 3 is 1.68 bits per heavy atom. The molecule has 19 heavy (non-hydrogen) atoms. The largest absolute Gasteiger partial charge is 0.358 e. The molecule has 0 aromatic heterocycles. The normalized spacial score (nSPS) is 11.3. The molecule has 0 heterocycles. The topological polar surface area (TPSA) is 26.3 Å². The maximum Gasteiger partial charge on any atom is 0.176 e. The predicted octanol–water partition coefficient (Wildman–Crippen LogP) is 3.56.